The van der Waals surface area contributed by atoms with E-state index in [0.717, 1.165) is 62.2 Å². The Bertz CT molecular complexity index is 233. The molecule has 1 aromatic rings. The Hall–Kier alpha value is 0.671. The predicted octanol–water partition coefficient (Wildman–Crippen LogP) is 2.67. The number of ether oxygens (including phenoxy) is 1. The van der Waals surface area contributed by atoms with Crippen molar-refractivity contribution in [3.63, 3.8) is 0 Å². The van der Waals surface area contributed by atoms with E-state index in [1.165, 1.54) is 6.08 Å². The molecular weight excluding hydrogens is 231 g/mol. The number of halogens is 3. The first kappa shape index (κ1) is 15.7. The van der Waals surface area contributed by atoms with Crippen LogP contribution >= 0.6 is 0 Å². The van der Waals surface area contributed by atoms with Gasteiger partial charge < -0.3 is 0 Å². The molecule has 0 spiro atoms. The third-order valence-corrected chi connectivity index (χ3v) is 2.10. The fourth-order valence-corrected chi connectivity index (χ4v) is 1.36. The maximum absolute atomic E-state index is 9.67. The van der Waals surface area contributed by atoms with E-state index in [1.807, 2.05) is 18.2 Å². The Balaban J connectivity index is 0.000000423. The quantitative estimate of drug-likeness (QED) is 0.582. The summed E-state index contributed by atoms with van der Waals surface area (Å²) in [6.45, 7) is 1.71. The zero-order valence-electron chi connectivity index (χ0n) is 8.63. The second-order valence-corrected chi connectivity index (χ2v) is 4.35. The first-order valence-electron chi connectivity index (χ1n) is 4.70. The maximum atomic E-state index is 9.67. The van der Waals surface area contributed by atoms with Gasteiger partial charge >= 0.3 is 111 Å². The van der Waals surface area contributed by atoms with E-state index in [9.17, 15) is 12.9 Å². The molecule has 0 aliphatic carbocycles. The minimum atomic E-state index is -3.67. The monoisotopic (exact) mass is 242 g/mol. The van der Waals surface area contributed by atoms with Gasteiger partial charge in [-0.1, -0.05) is 0 Å². The standard InChI is InChI=1S/C9H11O.BF3.K/c1-2-10-8-9-6-4-3-5-7-9;2-1(3)4;/h3-7H,1-2,8H2;;. The molecule has 0 N–H and O–H groups in total. The molecule has 1 aromatic carbocycles. The van der Waals surface area contributed by atoms with Gasteiger partial charge in [-0.2, -0.15) is 0 Å². The molecule has 0 heterocycles. The van der Waals surface area contributed by atoms with Crippen molar-refractivity contribution in [2.24, 2.45) is 0 Å². The normalized spacial score (nSPS) is 9.13. The molecule has 0 aliphatic rings. The van der Waals surface area contributed by atoms with Gasteiger partial charge in [0, 0.05) is 0 Å². The molecule has 78 valence electrons. The van der Waals surface area contributed by atoms with Crippen LogP contribution in [0.4, 0.5) is 12.9 Å². The summed E-state index contributed by atoms with van der Waals surface area (Å²) in [5, 5.41) is 0. The predicted molar refractivity (Wildman–Crippen MR) is 55.7 cm³/mol. The van der Waals surface area contributed by atoms with Crippen LogP contribution in [0.2, 0.25) is 0.515 Å². The Morgan fingerprint density at radius 1 is 1.13 bits per heavy atom. The number of rotatable bonds is 4. The molecule has 0 bridgehead atoms. The second-order valence-electron chi connectivity index (χ2n) is 2.79. The third kappa shape index (κ3) is 12.6. The summed E-state index contributed by atoms with van der Waals surface area (Å²) < 4.78 is 35.7. The van der Waals surface area contributed by atoms with E-state index in [2.05, 4.69) is 12.1 Å². The third-order valence-electron chi connectivity index (χ3n) is 1.46. The number of hydrogen-bond acceptors (Lipinski definition) is 1. The van der Waals surface area contributed by atoms with Gasteiger partial charge in [0.25, 0.3) is 0 Å². The molecule has 0 saturated heterocycles. The summed E-state index contributed by atoms with van der Waals surface area (Å²) in [6, 6.07) is 10.3. The van der Waals surface area contributed by atoms with Crippen LogP contribution < -0.4 is 0 Å². The van der Waals surface area contributed by atoms with E-state index in [0.29, 0.717) is 0 Å². The van der Waals surface area contributed by atoms with Crippen LogP contribution in [0.25, 0.3) is 0 Å². The summed E-state index contributed by atoms with van der Waals surface area (Å²) in [5.74, 6) is 0. The van der Waals surface area contributed by atoms with Crippen molar-refractivity contribution in [3.8, 4) is 0 Å². The molecule has 0 aromatic heterocycles. The molecule has 0 amide bonds. The molecule has 0 fully saturated rings. The van der Waals surface area contributed by atoms with Crippen LogP contribution in [0.5, 0.6) is 0 Å². The summed E-state index contributed by atoms with van der Waals surface area (Å²) in [5.41, 5.74) is 1.27. The molecule has 0 saturated carbocycles. The van der Waals surface area contributed by atoms with Crippen LogP contribution in [-0.4, -0.2) is 63.1 Å². The van der Waals surface area contributed by atoms with Crippen molar-refractivity contribution in [1.29, 1.82) is 0 Å². The Kier molecular flexibility index (Phi) is 11.7. The number of benzene rings is 1. The first-order chi connectivity index (χ1) is 7.16. The Morgan fingerprint density at radius 2 is 1.67 bits per heavy atom. The summed E-state index contributed by atoms with van der Waals surface area (Å²) >= 11 is 0.934. The zero-order chi connectivity index (χ0) is 11.5. The van der Waals surface area contributed by atoms with E-state index in [-0.39, 0.29) is 0 Å². The van der Waals surface area contributed by atoms with E-state index < -0.39 is 7.54 Å². The molecular formula is C9H11BF3KO. The average molecular weight is 242 g/mol. The Morgan fingerprint density at radius 3 is 2.13 bits per heavy atom. The van der Waals surface area contributed by atoms with Crippen LogP contribution in [0.3, 0.4) is 0 Å². The van der Waals surface area contributed by atoms with Gasteiger partial charge in [-0.25, -0.2) is 0 Å². The van der Waals surface area contributed by atoms with Crippen molar-refractivity contribution in [1.82, 2.24) is 0 Å². The average Bonchev–Trinajstić information content (AvgIpc) is 2.19. The van der Waals surface area contributed by atoms with E-state index >= 15 is 0 Å². The summed E-state index contributed by atoms with van der Waals surface area (Å²) in [6.07, 6.45) is 0. The van der Waals surface area contributed by atoms with Crippen LogP contribution in [-0.2, 0) is 11.3 Å². The molecule has 1 rings (SSSR count). The molecule has 0 atom stereocenters. The first-order valence-corrected chi connectivity index (χ1v) is 6.91. The topological polar surface area (TPSA) is 9.23 Å². The van der Waals surface area contributed by atoms with E-state index in [4.69, 9.17) is 4.74 Å². The van der Waals surface area contributed by atoms with Crippen LogP contribution in [0.1, 0.15) is 5.56 Å². The van der Waals surface area contributed by atoms with Crippen molar-refractivity contribution in [2.45, 2.75) is 7.12 Å². The van der Waals surface area contributed by atoms with Crippen molar-refractivity contribution in [3.05, 3.63) is 35.9 Å². The van der Waals surface area contributed by atoms with Gasteiger partial charge in [-0.15, -0.1) is 0 Å². The van der Waals surface area contributed by atoms with Gasteiger partial charge in [0.2, 0.25) is 0 Å². The molecule has 0 aliphatic heterocycles. The second kappa shape index (κ2) is 11.2. The van der Waals surface area contributed by atoms with Gasteiger partial charge in [-0.3, -0.25) is 12.9 Å². The van der Waals surface area contributed by atoms with Crippen molar-refractivity contribution < 1.29 is 17.7 Å². The molecule has 0 unspecified atom stereocenters. The van der Waals surface area contributed by atoms with Gasteiger partial charge in [0.15, 0.2) is 0 Å². The molecule has 15 heavy (non-hydrogen) atoms. The van der Waals surface area contributed by atoms with Crippen LogP contribution in [0.15, 0.2) is 30.3 Å². The Labute approximate surface area is 122 Å². The molecule has 0 radical (unpaired) electrons. The fraction of sp³-hybridized carbons (Fsp3) is 0.333. The number of hydrogen-bond donors (Lipinski definition) is 0. The van der Waals surface area contributed by atoms with Gasteiger partial charge in [0.1, 0.15) is 0 Å². The zero-order valence-corrected chi connectivity index (χ0v) is 11.8. The summed E-state index contributed by atoms with van der Waals surface area (Å²) in [7, 11) is -3.67. The minimum absolute atomic E-state index is 0.775. The molecule has 6 heteroatoms. The van der Waals surface area contributed by atoms with Crippen LogP contribution in [0, 0.1) is 0 Å². The van der Waals surface area contributed by atoms with Crippen molar-refractivity contribution in [2.75, 3.05) is 6.61 Å². The summed E-state index contributed by atoms with van der Waals surface area (Å²) in [4.78, 5) is 0. The van der Waals surface area contributed by atoms with E-state index in [1.54, 1.807) is 0 Å². The molecule has 1 nitrogen and oxygen atoms in total. The SMILES string of the molecule is FB(F)F.[K][CH2]COCc1ccccc1. The van der Waals surface area contributed by atoms with Gasteiger partial charge in [0.05, 0.1) is 0 Å². The van der Waals surface area contributed by atoms with Crippen molar-refractivity contribution >= 4 is 56.5 Å². The van der Waals surface area contributed by atoms with Gasteiger partial charge in [-0.05, 0) is 0 Å². The fourth-order valence-electron chi connectivity index (χ4n) is 0.909.